The van der Waals surface area contributed by atoms with Crippen molar-refractivity contribution in [2.45, 2.75) is 19.8 Å². The van der Waals surface area contributed by atoms with Gasteiger partial charge in [0.15, 0.2) is 0 Å². The lowest BCUT2D eigenvalue weighted by atomic mass is 9.99. The molecule has 23 heavy (non-hydrogen) atoms. The topological polar surface area (TPSA) is 58.1 Å². The highest BCUT2D eigenvalue weighted by Crippen LogP contribution is 2.18. The van der Waals surface area contributed by atoms with Gasteiger partial charge < -0.3 is 10.2 Å². The number of aromatic nitrogens is 2. The van der Waals surface area contributed by atoms with Crippen molar-refractivity contribution in [1.29, 1.82) is 0 Å². The summed E-state index contributed by atoms with van der Waals surface area (Å²) in [5.41, 5.74) is 1.04. The van der Waals surface area contributed by atoms with Gasteiger partial charge in [-0.1, -0.05) is 13.0 Å². The Hall–Kier alpha value is -2.50. The Labute approximate surface area is 134 Å². The minimum absolute atomic E-state index is 0.0331. The molecule has 1 aliphatic rings. The van der Waals surface area contributed by atoms with Crippen molar-refractivity contribution < 1.29 is 9.18 Å². The van der Waals surface area contributed by atoms with Crippen LogP contribution in [-0.4, -0.2) is 33.9 Å². The molecule has 2 heterocycles. The zero-order chi connectivity index (χ0) is 16.2. The predicted octanol–water partition coefficient (Wildman–Crippen LogP) is 3.23. The molecule has 6 heteroatoms. The van der Waals surface area contributed by atoms with Gasteiger partial charge in [-0.2, -0.15) is 0 Å². The molecule has 1 amide bonds. The molecule has 1 aliphatic heterocycles. The molecule has 1 aromatic heterocycles. The first-order valence-electron chi connectivity index (χ1n) is 7.76. The van der Waals surface area contributed by atoms with E-state index in [-0.39, 0.29) is 11.7 Å². The second-order valence-corrected chi connectivity index (χ2v) is 5.91. The highest BCUT2D eigenvalue weighted by atomic mass is 19.1. The van der Waals surface area contributed by atoms with Crippen LogP contribution in [0.2, 0.25) is 0 Å². The van der Waals surface area contributed by atoms with Gasteiger partial charge >= 0.3 is 0 Å². The molecule has 5 nitrogen and oxygen atoms in total. The Morgan fingerprint density at radius 3 is 2.61 bits per heavy atom. The molecule has 0 spiro atoms. The summed E-state index contributed by atoms with van der Waals surface area (Å²) in [5, 5.41) is 2.91. The molecule has 1 saturated heterocycles. The summed E-state index contributed by atoms with van der Waals surface area (Å²) in [6.45, 7) is 3.77. The van der Waals surface area contributed by atoms with Crippen molar-refractivity contribution in [3.8, 4) is 0 Å². The standard InChI is InChI=1S/C17H19FN4O/c1-12-5-7-22(8-6-12)16(23)13-10-19-17(20-11-13)21-15-4-2-3-14(18)9-15/h2-4,9-12H,5-8H2,1H3,(H,19,20,21). The average Bonchev–Trinajstić information content (AvgIpc) is 2.56. The van der Waals surface area contributed by atoms with Gasteiger partial charge in [-0.3, -0.25) is 4.79 Å². The van der Waals surface area contributed by atoms with E-state index in [1.165, 1.54) is 24.5 Å². The Morgan fingerprint density at radius 1 is 1.26 bits per heavy atom. The fourth-order valence-corrected chi connectivity index (χ4v) is 2.59. The van der Waals surface area contributed by atoms with E-state index in [9.17, 15) is 9.18 Å². The van der Waals surface area contributed by atoms with Crippen LogP contribution in [0.25, 0.3) is 0 Å². The Balaban J connectivity index is 1.66. The first kappa shape index (κ1) is 15.4. The normalized spacial score (nSPS) is 15.5. The Kier molecular flexibility index (Phi) is 4.50. The summed E-state index contributed by atoms with van der Waals surface area (Å²) >= 11 is 0. The molecular weight excluding hydrogens is 295 g/mol. The maximum Gasteiger partial charge on any atom is 0.256 e. The van der Waals surface area contributed by atoms with E-state index in [0.717, 1.165) is 25.9 Å². The zero-order valence-electron chi connectivity index (χ0n) is 13.0. The fraction of sp³-hybridized carbons (Fsp3) is 0.353. The monoisotopic (exact) mass is 314 g/mol. The molecule has 1 aromatic carbocycles. The molecule has 0 bridgehead atoms. The van der Waals surface area contributed by atoms with Crippen LogP contribution >= 0.6 is 0 Å². The molecule has 1 N–H and O–H groups in total. The number of hydrogen-bond donors (Lipinski definition) is 1. The number of rotatable bonds is 3. The summed E-state index contributed by atoms with van der Waals surface area (Å²) in [5.74, 6) is 0.642. The van der Waals surface area contributed by atoms with Crippen LogP contribution in [0.3, 0.4) is 0 Å². The molecule has 120 valence electrons. The maximum absolute atomic E-state index is 13.1. The average molecular weight is 314 g/mol. The third-order valence-electron chi connectivity index (χ3n) is 4.05. The summed E-state index contributed by atoms with van der Waals surface area (Å²) in [6.07, 6.45) is 5.08. The smallest absolute Gasteiger partial charge is 0.256 e. The largest absolute Gasteiger partial charge is 0.339 e. The summed E-state index contributed by atoms with van der Waals surface area (Å²) in [7, 11) is 0. The second kappa shape index (κ2) is 6.73. The van der Waals surface area contributed by atoms with Crippen LogP contribution < -0.4 is 5.32 Å². The molecule has 0 aliphatic carbocycles. The second-order valence-electron chi connectivity index (χ2n) is 5.91. The van der Waals surface area contributed by atoms with Gasteiger partial charge in [-0.15, -0.1) is 0 Å². The molecule has 2 aromatic rings. The number of carbonyl (C=O) groups excluding carboxylic acids is 1. The lowest BCUT2D eigenvalue weighted by Crippen LogP contribution is -2.38. The number of anilines is 2. The molecule has 1 fully saturated rings. The summed E-state index contributed by atoms with van der Waals surface area (Å²) in [4.78, 5) is 22.5. The zero-order valence-corrected chi connectivity index (χ0v) is 13.0. The van der Waals surface area contributed by atoms with E-state index in [0.29, 0.717) is 23.1 Å². The number of benzene rings is 1. The maximum atomic E-state index is 13.1. The van der Waals surface area contributed by atoms with Crippen LogP contribution in [0.4, 0.5) is 16.0 Å². The number of nitrogens with one attached hydrogen (secondary N) is 1. The minimum Gasteiger partial charge on any atom is -0.339 e. The van der Waals surface area contributed by atoms with E-state index in [2.05, 4.69) is 22.2 Å². The number of likely N-dealkylation sites (tertiary alicyclic amines) is 1. The first-order valence-corrected chi connectivity index (χ1v) is 7.76. The van der Waals surface area contributed by atoms with Crippen LogP contribution in [0.15, 0.2) is 36.7 Å². The van der Waals surface area contributed by atoms with Gasteiger partial charge in [0.05, 0.1) is 5.56 Å². The number of nitrogens with zero attached hydrogens (tertiary/aromatic N) is 3. The van der Waals surface area contributed by atoms with Crippen LogP contribution in [-0.2, 0) is 0 Å². The predicted molar refractivity (Wildman–Crippen MR) is 86.0 cm³/mol. The van der Waals surface area contributed by atoms with E-state index in [1.807, 2.05) is 4.90 Å². The lowest BCUT2D eigenvalue weighted by molar-refractivity contribution is 0.0696. The fourth-order valence-electron chi connectivity index (χ4n) is 2.59. The number of piperidine rings is 1. The highest BCUT2D eigenvalue weighted by molar-refractivity contribution is 5.93. The van der Waals surface area contributed by atoms with Crippen LogP contribution in [0, 0.1) is 11.7 Å². The van der Waals surface area contributed by atoms with Gasteiger partial charge in [0.25, 0.3) is 5.91 Å². The van der Waals surface area contributed by atoms with E-state index in [1.54, 1.807) is 12.1 Å². The van der Waals surface area contributed by atoms with E-state index < -0.39 is 0 Å². The van der Waals surface area contributed by atoms with Crippen molar-refractivity contribution >= 4 is 17.5 Å². The van der Waals surface area contributed by atoms with Crippen molar-refractivity contribution in [3.05, 3.63) is 48.0 Å². The quantitative estimate of drug-likeness (QED) is 0.945. The third-order valence-corrected chi connectivity index (χ3v) is 4.05. The van der Waals surface area contributed by atoms with Crippen molar-refractivity contribution in [2.75, 3.05) is 18.4 Å². The molecular formula is C17H19FN4O. The number of hydrogen-bond acceptors (Lipinski definition) is 4. The minimum atomic E-state index is -0.332. The van der Waals surface area contributed by atoms with Gasteiger partial charge in [-0.05, 0) is 37.0 Å². The SMILES string of the molecule is CC1CCN(C(=O)c2cnc(Nc3cccc(F)c3)nc2)CC1. The highest BCUT2D eigenvalue weighted by Gasteiger charge is 2.21. The third kappa shape index (κ3) is 3.83. The van der Waals surface area contributed by atoms with Crippen molar-refractivity contribution in [1.82, 2.24) is 14.9 Å². The Morgan fingerprint density at radius 2 is 1.96 bits per heavy atom. The van der Waals surface area contributed by atoms with Crippen molar-refractivity contribution in [2.24, 2.45) is 5.92 Å². The van der Waals surface area contributed by atoms with Gasteiger partial charge in [0, 0.05) is 31.2 Å². The van der Waals surface area contributed by atoms with Gasteiger partial charge in [0.1, 0.15) is 5.82 Å². The summed E-state index contributed by atoms with van der Waals surface area (Å²) in [6, 6.07) is 6.05. The molecule has 0 atom stereocenters. The first-order chi connectivity index (χ1) is 11.1. The van der Waals surface area contributed by atoms with Crippen molar-refractivity contribution in [3.63, 3.8) is 0 Å². The molecule has 3 rings (SSSR count). The lowest BCUT2D eigenvalue weighted by Gasteiger charge is -2.30. The summed E-state index contributed by atoms with van der Waals surface area (Å²) < 4.78 is 13.1. The number of halogens is 1. The van der Waals surface area contributed by atoms with Crippen LogP contribution in [0.5, 0.6) is 0 Å². The Bertz CT molecular complexity index is 681. The van der Waals surface area contributed by atoms with E-state index >= 15 is 0 Å². The number of amides is 1. The molecule has 0 unspecified atom stereocenters. The van der Waals surface area contributed by atoms with E-state index in [4.69, 9.17) is 0 Å². The van der Waals surface area contributed by atoms with Gasteiger partial charge in [0.2, 0.25) is 5.95 Å². The van der Waals surface area contributed by atoms with Crippen LogP contribution in [0.1, 0.15) is 30.1 Å². The number of carbonyl (C=O) groups is 1. The molecule has 0 saturated carbocycles. The van der Waals surface area contributed by atoms with Gasteiger partial charge in [-0.25, -0.2) is 14.4 Å². The molecule has 0 radical (unpaired) electrons.